The van der Waals surface area contributed by atoms with Crippen molar-refractivity contribution in [2.45, 2.75) is 18.3 Å². The maximum Gasteiger partial charge on any atom is 0.251 e. The third-order valence-corrected chi connectivity index (χ3v) is 5.14. The van der Waals surface area contributed by atoms with Crippen molar-refractivity contribution in [2.75, 3.05) is 38.8 Å². The van der Waals surface area contributed by atoms with E-state index in [1.54, 1.807) is 0 Å². The largest absolute Gasteiger partial charge is 0.381 e. The highest BCUT2D eigenvalue weighted by atomic mass is 19.1. The van der Waals surface area contributed by atoms with Crippen LogP contribution in [0.4, 0.5) is 10.1 Å². The van der Waals surface area contributed by atoms with Gasteiger partial charge < -0.3 is 15.0 Å². The molecule has 0 radical (unpaired) electrons. The van der Waals surface area contributed by atoms with Crippen molar-refractivity contribution in [3.05, 3.63) is 65.5 Å². The van der Waals surface area contributed by atoms with E-state index in [1.807, 2.05) is 55.4 Å². The van der Waals surface area contributed by atoms with Crippen LogP contribution in [0.1, 0.15) is 28.8 Å². The second-order valence-electron chi connectivity index (χ2n) is 7.02. The molecule has 1 aliphatic rings. The van der Waals surface area contributed by atoms with Crippen LogP contribution in [-0.4, -0.2) is 39.8 Å². The number of carbonyl (C=O) groups is 1. The van der Waals surface area contributed by atoms with Gasteiger partial charge in [-0.2, -0.15) is 0 Å². The second kappa shape index (κ2) is 7.87. The molecular formula is C21H25FN2O2. The number of hydrogen-bond donors (Lipinski definition) is 1. The molecule has 0 unspecified atom stereocenters. The molecule has 0 saturated carbocycles. The van der Waals surface area contributed by atoms with Crippen molar-refractivity contribution < 1.29 is 13.9 Å². The molecule has 26 heavy (non-hydrogen) atoms. The maximum atomic E-state index is 13.3. The number of anilines is 1. The number of amides is 1. The number of benzene rings is 2. The summed E-state index contributed by atoms with van der Waals surface area (Å²) < 4.78 is 18.8. The molecule has 1 saturated heterocycles. The first kappa shape index (κ1) is 18.4. The van der Waals surface area contributed by atoms with Gasteiger partial charge in [0.1, 0.15) is 5.82 Å². The van der Waals surface area contributed by atoms with Gasteiger partial charge in [-0.1, -0.05) is 12.1 Å². The average molecular weight is 356 g/mol. The summed E-state index contributed by atoms with van der Waals surface area (Å²) in [5, 5.41) is 3.07. The van der Waals surface area contributed by atoms with Crippen LogP contribution in [0, 0.1) is 5.82 Å². The molecule has 0 bridgehead atoms. The zero-order chi connectivity index (χ0) is 18.6. The molecule has 2 aromatic rings. The van der Waals surface area contributed by atoms with E-state index in [0.717, 1.165) is 24.1 Å². The summed E-state index contributed by atoms with van der Waals surface area (Å²) in [4.78, 5) is 14.6. The van der Waals surface area contributed by atoms with Crippen LogP contribution in [0.2, 0.25) is 0 Å². The lowest BCUT2D eigenvalue weighted by Gasteiger charge is -2.38. The fourth-order valence-corrected chi connectivity index (χ4v) is 3.40. The normalized spacial score (nSPS) is 16.1. The fourth-order valence-electron chi connectivity index (χ4n) is 3.40. The molecule has 1 aliphatic heterocycles. The molecule has 3 rings (SSSR count). The lowest BCUT2D eigenvalue weighted by atomic mass is 9.74. The van der Waals surface area contributed by atoms with Gasteiger partial charge >= 0.3 is 0 Å². The van der Waals surface area contributed by atoms with Crippen molar-refractivity contribution in [2.24, 2.45) is 0 Å². The number of rotatable bonds is 5. The van der Waals surface area contributed by atoms with Gasteiger partial charge in [0, 0.05) is 50.5 Å². The zero-order valence-corrected chi connectivity index (χ0v) is 15.3. The number of carbonyl (C=O) groups excluding carboxylic acids is 1. The highest BCUT2D eigenvalue weighted by Gasteiger charge is 2.35. The van der Waals surface area contributed by atoms with E-state index >= 15 is 0 Å². The van der Waals surface area contributed by atoms with Crippen LogP contribution in [0.15, 0.2) is 48.5 Å². The Morgan fingerprint density at radius 1 is 1.08 bits per heavy atom. The van der Waals surface area contributed by atoms with Crippen molar-refractivity contribution in [1.29, 1.82) is 0 Å². The predicted molar refractivity (Wildman–Crippen MR) is 101 cm³/mol. The van der Waals surface area contributed by atoms with E-state index in [4.69, 9.17) is 4.74 Å². The van der Waals surface area contributed by atoms with Crippen molar-refractivity contribution >= 4 is 11.6 Å². The van der Waals surface area contributed by atoms with E-state index < -0.39 is 0 Å². The summed E-state index contributed by atoms with van der Waals surface area (Å²) in [5.41, 5.74) is 2.52. The van der Waals surface area contributed by atoms with E-state index in [0.29, 0.717) is 25.3 Å². The quantitative estimate of drug-likeness (QED) is 0.893. The van der Waals surface area contributed by atoms with Crippen LogP contribution in [0.5, 0.6) is 0 Å². The van der Waals surface area contributed by atoms with Crippen LogP contribution in [0.3, 0.4) is 0 Å². The Morgan fingerprint density at radius 2 is 1.69 bits per heavy atom. The highest BCUT2D eigenvalue weighted by Crippen LogP contribution is 2.34. The van der Waals surface area contributed by atoms with Crippen LogP contribution >= 0.6 is 0 Å². The van der Waals surface area contributed by atoms with E-state index in [9.17, 15) is 9.18 Å². The van der Waals surface area contributed by atoms with Gasteiger partial charge in [0.2, 0.25) is 0 Å². The van der Waals surface area contributed by atoms with Crippen LogP contribution in [-0.2, 0) is 10.2 Å². The van der Waals surface area contributed by atoms with Crippen molar-refractivity contribution in [3.8, 4) is 0 Å². The van der Waals surface area contributed by atoms with E-state index in [1.165, 1.54) is 12.1 Å². The number of halogens is 1. The number of hydrogen-bond acceptors (Lipinski definition) is 3. The first-order chi connectivity index (χ1) is 12.5. The van der Waals surface area contributed by atoms with Gasteiger partial charge in [0.25, 0.3) is 5.91 Å². The van der Waals surface area contributed by atoms with Gasteiger partial charge in [0.15, 0.2) is 0 Å². The average Bonchev–Trinajstić information content (AvgIpc) is 2.67. The zero-order valence-electron chi connectivity index (χ0n) is 15.3. The Kier molecular flexibility index (Phi) is 5.57. The van der Waals surface area contributed by atoms with Gasteiger partial charge in [-0.3, -0.25) is 4.79 Å². The van der Waals surface area contributed by atoms with Crippen LogP contribution < -0.4 is 10.2 Å². The molecule has 0 spiro atoms. The monoisotopic (exact) mass is 356 g/mol. The molecule has 0 atom stereocenters. The first-order valence-electron chi connectivity index (χ1n) is 8.90. The Balaban J connectivity index is 1.73. The molecule has 1 amide bonds. The van der Waals surface area contributed by atoms with Crippen molar-refractivity contribution in [1.82, 2.24) is 5.32 Å². The van der Waals surface area contributed by atoms with Gasteiger partial charge in [0.05, 0.1) is 0 Å². The maximum absolute atomic E-state index is 13.3. The Bertz CT molecular complexity index is 736. The summed E-state index contributed by atoms with van der Waals surface area (Å²) in [5.74, 6) is -0.343. The molecule has 2 aromatic carbocycles. The first-order valence-corrected chi connectivity index (χ1v) is 8.90. The summed E-state index contributed by atoms with van der Waals surface area (Å²) in [6, 6.07) is 14.1. The Hall–Kier alpha value is -2.40. The lowest BCUT2D eigenvalue weighted by molar-refractivity contribution is 0.0487. The molecule has 138 valence electrons. The van der Waals surface area contributed by atoms with Crippen LogP contribution in [0.25, 0.3) is 0 Å². The predicted octanol–water partition coefficient (Wildman–Crippen LogP) is 3.37. The standard InChI is InChI=1S/C21H25FN2O2/c1-24(2)19-9-3-16(4-10-19)20(25)23-15-21(11-13-26-14-12-21)17-5-7-18(22)8-6-17/h3-10H,11-15H2,1-2H3,(H,23,25). The third kappa shape index (κ3) is 4.05. The number of ether oxygens (including phenoxy) is 1. The number of nitrogens with one attached hydrogen (secondary N) is 1. The summed E-state index contributed by atoms with van der Waals surface area (Å²) in [7, 11) is 3.93. The highest BCUT2D eigenvalue weighted by molar-refractivity contribution is 5.94. The molecule has 1 N–H and O–H groups in total. The Morgan fingerprint density at radius 3 is 2.27 bits per heavy atom. The van der Waals surface area contributed by atoms with E-state index in [2.05, 4.69) is 5.32 Å². The summed E-state index contributed by atoms with van der Waals surface area (Å²) in [6.07, 6.45) is 1.61. The molecule has 0 aliphatic carbocycles. The molecular weight excluding hydrogens is 331 g/mol. The van der Waals surface area contributed by atoms with E-state index in [-0.39, 0.29) is 17.1 Å². The molecule has 1 fully saturated rings. The molecule has 1 heterocycles. The SMILES string of the molecule is CN(C)c1ccc(C(=O)NCC2(c3ccc(F)cc3)CCOCC2)cc1. The van der Waals surface area contributed by atoms with Gasteiger partial charge in [-0.25, -0.2) is 4.39 Å². The third-order valence-electron chi connectivity index (χ3n) is 5.14. The Labute approximate surface area is 154 Å². The second-order valence-corrected chi connectivity index (χ2v) is 7.02. The molecule has 0 aromatic heterocycles. The number of nitrogens with zero attached hydrogens (tertiary/aromatic N) is 1. The molecule has 4 nitrogen and oxygen atoms in total. The van der Waals surface area contributed by atoms with Gasteiger partial charge in [-0.05, 0) is 54.8 Å². The minimum atomic E-state index is -0.249. The molecule has 5 heteroatoms. The van der Waals surface area contributed by atoms with Gasteiger partial charge in [-0.15, -0.1) is 0 Å². The smallest absolute Gasteiger partial charge is 0.251 e. The fraction of sp³-hybridized carbons (Fsp3) is 0.381. The van der Waals surface area contributed by atoms with Crippen molar-refractivity contribution in [3.63, 3.8) is 0 Å². The summed E-state index contributed by atoms with van der Waals surface area (Å²) >= 11 is 0. The summed E-state index contributed by atoms with van der Waals surface area (Å²) in [6.45, 7) is 1.80. The minimum absolute atomic E-state index is 0.0942. The lowest BCUT2D eigenvalue weighted by Crippen LogP contribution is -2.44. The topological polar surface area (TPSA) is 41.6 Å². The minimum Gasteiger partial charge on any atom is -0.381 e.